The minimum absolute atomic E-state index is 0.158. The van der Waals surface area contributed by atoms with Gasteiger partial charge >= 0.3 is 5.97 Å². The number of ketones is 1. The number of aromatic nitrogens is 1. The van der Waals surface area contributed by atoms with Gasteiger partial charge in [0.05, 0.1) is 5.56 Å². The molecular weight excluding hydrogens is 396 g/mol. The maximum atomic E-state index is 12.6. The summed E-state index contributed by atoms with van der Waals surface area (Å²) >= 11 is 0. The number of carbonyl (C=O) groups is 3. The van der Waals surface area contributed by atoms with Crippen molar-refractivity contribution in [1.82, 2.24) is 4.57 Å². The number of carbonyl (C=O) groups excluding carboxylic acids is 3. The summed E-state index contributed by atoms with van der Waals surface area (Å²) in [5.41, 5.74) is 2.59. The molecular formula is C24H32N2O5. The average Bonchev–Trinajstić information content (AvgIpc) is 2.99. The summed E-state index contributed by atoms with van der Waals surface area (Å²) in [6, 6.07) is 8.30. The van der Waals surface area contributed by atoms with Crippen LogP contribution in [0.3, 0.4) is 0 Å². The predicted molar refractivity (Wildman–Crippen MR) is 120 cm³/mol. The molecule has 1 N–H and O–H groups in total. The van der Waals surface area contributed by atoms with E-state index < -0.39 is 11.4 Å². The number of methoxy groups -OCH3 is 1. The highest BCUT2D eigenvalue weighted by molar-refractivity contribution is 6.01. The number of rotatable bonds is 9. The van der Waals surface area contributed by atoms with Gasteiger partial charge in [0, 0.05) is 48.3 Å². The summed E-state index contributed by atoms with van der Waals surface area (Å²) in [6.45, 7) is 10.3. The summed E-state index contributed by atoms with van der Waals surface area (Å²) in [6.07, 6.45) is 0.845. The van der Waals surface area contributed by atoms with Crippen molar-refractivity contribution < 1.29 is 23.9 Å². The number of benzene rings is 1. The van der Waals surface area contributed by atoms with Gasteiger partial charge < -0.3 is 19.4 Å². The first-order chi connectivity index (χ1) is 14.5. The van der Waals surface area contributed by atoms with E-state index >= 15 is 0 Å². The molecule has 0 radical (unpaired) electrons. The van der Waals surface area contributed by atoms with E-state index in [1.165, 1.54) is 6.07 Å². The summed E-state index contributed by atoms with van der Waals surface area (Å²) in [4.78, 5) is 37.2. The van der Waals surface area contributed by atoms with E-state index in [1.807, 2.05) is 19.9 Å². The van der Waals surface area contributed by atoms with E-state index in [1.54, 1.807) is 46.1 Å². The van der Waals surface area contributed by atoms with Crippen molar-refractivity contribution in [3.05, 3.63) is 52.8 Å². The number of esters is 1. The van der Waals surface area contributed by atoms with Crippen LogP contribution in [0.15, 0.2) is 30.3 Å². The zero-order valence-electron chi connectivity index (χ0n) is 19.2. The van der Waals surface area contributed by atoms with E-state index in [2.05, 4.69) is 9.88 Å². The SMILES string of the molecule is COCCCn1c(C)cc(C(=O)COC(=O)c2cccc(NC(=O)C(C)(C)C)c2)c1C. The quantitative estimate of drug-likeness (QED) is 0.368. The summed E-state index contributed by atoms with van der Waals surface area (Å²) in [5.74, 6) is -1.03. The van der Waals surface area contributed by atoms with Gasteiger partial charge in [0.25, 0.3) is 0 Å². The molecule has 0 unspecified atom stereocenters. The van der Waals surface area contributed by atoms with Gasteiger partial charge in [-0.05, 0) is 44.5 Å². The molecule has 2 aromatic rings. The fourth-order valence-corrected chi connectivity index (χ4v) is 3.13. The van der Waals surface area contributed by atoms with Crippen LogP contribution < -0.4 is 5.32 Å². The number of hydrogen-bond acceptors (Lipinski definition) is 5. The number of hydrogen-bond donors (Lipinski definition) is 1. The highest BCUT2D eigenvalue weighted by Gasteiger charge is 2.22. The molecule has 168 valence electrons. The molecule has 2 rings (SSSR count). The van der Waals surface area contributed by atoms with Crippen molar-refractivity contribution in [3.63, 3.8) is 0 Å². The first kappa shape index (κ1) is 24.3. The highest BCUT2D eigenvalue weighted by atomic mass is 16.5. The number of amides is 1. The Hall–Kier alpha value is -2.93. The number of Topliss-reactive ketones (excluding diaryl/α,β-unsaturated/α-hetero) is 1. The smallest absolute Gasteiger partial charge is 0.338 e. The van der Waals surface area contributed by atoms with Crippen LogP contribution in [0.4, 0.5) is 5.69 Å². The predicted octanol–water partition coefficient (Wildman–Crippen LogP) is 4.17. The van der Waals surface area contributed by atoms with Crippen molar-refractivity contribution in [2.75, 3.05) is 25.6 Å². The molecule has 0 saturated heterocycles. The molecule has 0 spiro atoms. The third kappa shape index (κ3) is 6.52. The average molecular weight is 429 g/mol. The highest BCUT2D eigenvalue weighted by Crippen LogP contribution is 2.19. The van der Waals surface area contributed by atoms with Gasteiger partial charge in [0.1, 0.15) is 0 Å². The minimum atomic E-state index is -0.617. The van der Waals surface area contributed by atoms with Crippen LogP contribution in [-0.2, 0) is 20.8 Å². The van der Waals surface area contributed by atoms with E-state index in [0.29, 0.717) is 17.9 Å². The van der Waals surface area contributed by atoms with Gasteiger partial charge in [0.15, 0.2) is 6.61 Å². The molecule has 1 aromatic heterocycles. The molecule has 0 bridgehead atoms. The molecule has 0 saturated carbocycles. The monoisotopic (exact) mass is 428 g/mol. The third-order valence-electron chi connectivity index (χ3n) is 4.98. The Morgan fingerprint density at radius 1 is 1.10 bits per heavy atom. The van der Waals surface area contributed by atoms with Gasteiger partial charge in [-0.1, -0.05) is 26.8 Å². The van der Waals surface area contributed by atoms with E-state index in [0.717, 1.165) is 24.4 Å². The second-order valence-electron chi connectivity index (χ2n) is 8.57. The van der Waals surface area contributed by atoms with Crippen LogP contribution in [0.2, 0.25) is 0 Å². The maximum absolute atomic E-state index is 12.6. The van der Waals surface area contributed by atoms with Crippen LogP contribution in [0, 0.1) is 19.3 Å². The largest absolute Gasteiger partial charge is 0.454 e. The maximum Gasteiger partial charge on any atom is 0.338 e. The summed E-state index contributed by atoms with van der Waals surface area (Å²) in [5, 5.41) is 2.78. The topological polar surface area (TPSA) is 86.6 Å². The Balaban J connectivity index is 2.01. The molecule has 1 heterocycles. The van der Waals surface area contributed by atoms with Gasteiger partial charge in [-0.2, -0.15) is 0 Å². The normalized spacial score (nSPS) is 11.3. The zero-order chi connectivity index (χ0) is 23.2. The molecule has 1 amide bonds. The Labute approximate surface area is 183 Å². The lowest BCUT2D eigenvalue weighted by Crippen LogP contribution is -2.27. The van der Waals surface area contributed by atoms with Crippen molar-refractivity contribution >= 4 is 23.3 Å². The minimum Gasteiger partial charge on any atom is -0.454 e. The number of ether oxygens (including phenoxy) is 2. The first-order valence-corrected chi connectivity index (χ1v) is 10.3. The molecule has 1 aromatic carbocycles. The summed E-state index contributed by atoms with van der Waals surface area (Å²) in [7, 11) is 1.66. The van der Waals surface area contributed by atoms with Crippen LogP contribution in [0.1, 0.15) is 59.3 Å². The Kier molecular flexibility index (Phi) is 8.16. The van der Waals surface area contributed by atoms with Gasteiger partial charge in [-0.3, -0.25) is 9.59 Å². The van der Waals surface area contributed by atoms with Crippen LogP contribution in [0.25, 0.3) is 0 Å². The van der Waals surface area contributed by atoms with Crippen molar-refractivity contribution in [3.8, 4) is 0 Å². The molecule has 0 aliphatic heterocycles. The second-order valence-corrected chi connectivity index (χ2v) is 8.57. The number of nitrogens with zero attached hydrogens (tertiary/aromatic N) is 1. The van der Waals surface area contributed by atoms with Gasteiger partial charge in [0.2, 0.25) is 11.7 Å². The second kappa shape index (κ2) is 10.4. The molecule has 0 fully saturated rings. The Morgan fingerprint density at radius 2 is 1.81 bits per heavy atom. The molecule has 0 aliphatic rings. The lowest BCUT2D eigenvalue weighted by Gasteiger charge is -2.17. The lowest BCUT2D eigenvalue weighted by atomic mass is 9.95. The Morgan fingerprint density at radius 3 is 2.45 bits per heavy atom. The fraction of sp³-hybridized carbons (Fsp3) is 0.458. The van der Waals surface area contributed by atoms with Gasteiger partial charge in [-0.15, -0.1) is 0 Å². The van der Waals surface area contributed by atoms with Crippen LogP contribution in [0.5, 0.6) is 0 Å². The van der Waals surface area contributed by atoms with Crippen LogP contribution in [-0.4, -0.2) is 42.6 Å². The number of nitrogens with one attached hydrogen (secondary N) is 1. The molecule has 7 heteroatoms. The molecule has 0 atom stereocenters. The first-order valence-electron chi connectivity index (χ1n) is 10.3. The van der Waals surface area contributed by atoms with Crippen molar-refractivity contribution in [2.45, 2.75) is 47.6 Å². The van der Waals surface area contributed by atoms with E-state index in [9.17, 15) is 14.4 Å². The molecule has 31 heavy (non-hydrogen) atoms. The fourth-order valence-electron chi connectivity index (χ4n) is 3.13. The van der Waals surface area contributed by atoms with Crippen LogP contribution >= 0.6 is 0 Å². The van der Waals surface area contributed by atoms with Crippen molar-refractivity contribution in [1.29, 1.82) is 0 Å². The van der Waals surface area contributed by atoms with E-state index in [4.69, 9.17) is 9.47 Å². The van der Waals surface area contributed by atoms with E-state index in [-0.39, 0.29) is 23.9 Å². The Bertz CT molecular complexity index is 953. The zero-order valence-corrected chi connectivity index (χ0v) is 19.2. The molecule has 0 aliphatic carbocycles. The third-order valence-corrected chi connectivity index (χ3v) is 4.98. The summed E-state index contributed by atoms with van der Waals surface area (Å²) < 4.78 is 12.4. The number of anilines is 1. The lowest BCUT2D eigenvalue weighted by molar-refractivity contribution is -0.123. The van der Waals surface area contributed by atoms with Crippen molar-refractivity contribution in [2.24, 2.45) is 5.41 Å². The standard InChI is InChI=1S/C24H32N2O5/c1-16-13-20(17(2)26(16)11-8-12-30-6)21(27)15-31-22(28)18-9-7-10-19(14-18)25-23(29)24(3,4)5/h7,9-10,13-14H,8,11-12,15H2,1-6H3,(H,25,29). The van der Waals surface area contributed by atoms with Gasteiger partial charge in [-0.25, -0.2) is 4.79 Å². The number of aryl methyl sites for hydroxylation is 1. The molecule has 7 nitrogen and oxygen atoms in total.